The van der Waals surface area contributed by atoms with Crippen molar-refractivity contribution in [3.8, 4) is 23.0 Å². The van der Waals surface area contributed by atoms with Crippen LogP contribution in [0.5, 0.6) is 11.5 Å². The molecule has 1 N–H and O–H groups in total. The molecule has 0 aliphatic heterocycles. The van der Waals surface area contributed by atoms with E-state index in [4.69, 9.17) is 13.9 Å². The number of carbonyl (C=O) groups is 1. The highest BCUT2D eigenvalue weighted by Crippen LogP contribution is 2.27. The monoisotopic (exact) mass is 456 g/mol. The first-order valence-corrected chi connectivity index (χ1v) is 11.7. The fourth-order valence-electron chi connectivity index (χ4n) is 3.16. The van der Waals surface area contributed by atoms with Crippen molar-refractivity contribution in [3.05, 3.63) is 65.0 Å². The Hall–Kier alpha value is -3.13. The highest BCUT2D eigenvalue weighted by Gasteiger charge is 2.16. The number of hydrogen-bond donors (Lipinski definition) is 1. The van der Waals surface area contributed by atoms with Crippen molar-refractivity contribution in [1.82, 2.24) is 10.3 Å². The molecule has 0 aliphatic carbocycles. The van der Waals surface area contributed by atoms with Gasteiger partial charge in [-0.3, -0.25) is 9.00 Å². The summed E-state index contributed by atoms with van der Waals surface area (Å²) in [5, 5.41) is 2.82. The van der Waals surface area contributed by atoms with Crippen LogP contribution in [0.25, 0.3) is 11.5 Å². The van der Waals surface area contributed by atoms with Gasteiger partial charge >= 0.3 is 0 Å². The molecule has 2 aromatic carbocycles. The maximum absolute atomic E-state index is 12.5. The van der Waals surface area contributed by atoms with E-state index in [0.717, 1.165) is 16.7 Å². The van der Waals surface area contributed by atoms with E-state index in [0.29, 0.717) is 41.8 Å². The van der Waals surface area contributed by atoms with E-state index in [9.17, 15) is 9.00 Å². The van der Waals surface area contributed by atoms with Crippen molar-refractivity contribution in [2.24, 2.45) is 0 Å². The van der Waals surface area contributed by atoms with E-state index in [1.54, 1.807) is 21.1 Å². The fraction of sp³-hybridized carbons (Fsp3) is 0.333. The van der Waals surface area contributed by atoms with Crippen molar-refractivity contribution in [3.63, 3.8) is 0 Å². The minimum absolute atomic E-state index is 0.0852. The van der Waals surface area contributed by atoms with Gasteiger partial charge in [-0.2, -0.15) is 0 Å². The van der Waals surface area contributed by atoms with Gasteiger partial charge in [-0.05, 0) is 50.1 Å². The van der Waals surface area contributed by atoms with E-state index in [1.165, 1.54) is 0 Å². The van der Waals surface area contributed by atoms with Gasteiger partial charge in [0.2, 0.25) is 11.8 Å². The summed E-state index contributed by atoms with van der Waals surface area (Å²) in [6, 6.07) is 13.5. The first-order chi connectivity index (χ1) is 15.4. The maximum atomic E-state index is 12.5. The summed E-state index contributed by atoms with van der Waals surface area (Å²) < 4.78 is 28.7. The zero-order valence-electron chi connectivity index (χ0n) is 18.8. The van der Waals surface area contributed by atoms with E-state index in [1.807, 2.05) is 49.4 Å². The lowest BCUT2D eigenvalue weighted by Gasteiger charge is -2.10. The quantitative estimate of drug-likeness (QED) is 0.501. The normalized spacial score (nSPS) is 11.8. The average Bonchev–Trinajstić information content (AvgIpc) is 3.13. The molecule has 0 bridgehead atoms. The molecule has 0 unspecified atom stereocenters. The molecule has 0 aliphatic rings. The van der Waals surface area contributed by atoms with E-state index in [2.05, 4.69) is 10.3 Å². The van der Waals surface area contributed by atoms with Crippen molar-refractivity contribution in [2.45, 2.75) is 26.0 Å². The molecule has 0 spiro atoms. The molecule has 1 atom stereocenters. The number of carbonyl (C=O) groups excluding carboxylic acids is 1. The maximum Gasteiger partial charge on any atom is 0.232 e. The number of amides is 1. The van der Waals surface area contributed by atoms with Crippen LogP contribution >= 0.6 is 0 Å². The van der Waals surface area contributed by atoms with Crippen molar-refractivity contribution >= 4 is 16.7 Å². The van der Waals surface area contributed by atoms with Crippen LogP contribution in [0.1, 0.15) is 22.6 Å². The summed E-state index contributed by atoms with van der Waals surface area (Å²) in [5.41, 5.74) is 3.63. The van der Waals surface area contributed by atoms with Gasteiger partial charge in [0.1, 0.15) is 11.5 Å². The summed E-state index contributed by atoms with van der Waals surface area (Å²) in [4.78, 5) is 16.7. The summed E-state index contributed by atoms with van der Waals surface area (Å²) in [6.45, 7) is 4.24. The number of benzene rings is 2. The number of rotatable bonds is 10. The summed E-state index contributed by atoms with van der Waals surface area (Å²) in [5.74, 6) is 2.23. The molecule has 0 radical (unpaired) electrons. The summed E-state index contributed by atoms with van der Waals surface area (Å²) in [7, 11) is 1.78. The predicted molar refractivity (Wildman–Crippen MR) is 124 cm³/mol. The zero-order valence-corrected chi connectivity index (χ0v) is 19.6. The van der Waals surface area contributed by atoms with Gasteiger partial charge in [0, 0.05) is 22.9 Å². The molecule has 7 nitrogen and oxygen atoms in total. The number of hydrogen-bond acceptors (Lipinski definition) is 6. The van der Waals surface area contributed by atoms with E-state index in [-0.39, 0.29) is 17.4 Å². The number of oxazole rings is 1. The number of nitrogens with one attached hydrogen (secondary N) is 1. The second kappa shape index (κ2) is 10.9. The molecular formula is C24H28N2O5S. The Labute approximate surface area is 190 Å². The third-order valence-corrected chi connectivity index (χ3v) is 6.14. The number of aromatic nitrogens is 1. The Kier molecular flexibility index (Phi) is 8.05. The molecule has 0 saturated carbocycles. The zero-order chi connectivity index (χ0) is 23.1. The number of aryl methyl sites for hydroxylation is 2. The van der Waals surface area contributed by atoms with Crippen molar-refractivity contribution in [1.29, 1.82) is 0 Å². The molecule has 32 heavy (non-hydrogen) atoms. The molecule has 3 aromatic rings. The molecule has 3 rings (SSSR count). The minimum atomic E-state index is -1.39. The van der Waals surface area contributed by atoms with Crippen LogP contribution in [-0.4, -0.2) is 41.6 Å². The lowest BCUT2D eigenvalue weighted by molar-refractivity contribution is -0.118. The van der Waals surface area contributed by atoms with Crippen LogP contribution < -0.4 is 14.8 Å². The lowest BCUT2D eigenvalue weighted by atomic mass is 10.1. The SMILES string of the molecule is COc1ccc(CCNC(=O)C[S@](=O)Cc2nc(-c3ccc(C)cc3)oc2C)cc1OC. The van der Waals surface area contributed by atoms with Crippen LogP contribution in [0.3, 0.4) is 0 Å². The average molecular weight is 457 g/mol. The number of nitrogens with zero attached hydrogens (tertiary/aromatic N) is 1. The second-order valence-corrected chi connectivity index (χ2v) is 8.86. The van der Waals surface area contributed by atoms with Gasteiger partial charge in [-0.1, -0.05) is 23.8 Å². The molecule has 1 heterocycles. The van der Waals surface area contributed by atoms with Crippen molar-refractivity contribution in [2.75, 3.05) is 26.5 Å². The molecular weight excluding hydrogens is 428 g/mol. The molecule has 8 heteroatoms. The van der Waals surface area contributed by atoms with Crippen LogP contribution in [-0.2, 0) is 27.8 Å². The van der Waals surface area contributed by atoms with Gasteiger partial charge in [0.25, 0.3) is 0 Å². The van der Waals surface area contributed by atoms with Crippen molar-refractivity contribution < 1.29 is 22.9 Å². The lowest BCUT2D eigenvalue weighted by Crippen LogP contribution is -2.30. The Morgan fingerprint density at radius 2 is 1.78 bits per heavy atom. The Morgan fingerprint density at radius 3 is 2.47 bits per heavy atom. The smallest absolute Gasteiger partial charge is 0.232 e. The molecule has 1 aromatic heterocycles. The van der Waals surface area contributed by atoms with Crippen LogP contribution in [0.2, 0.25) is 0 Å². The molecule has 1 amide bonds. The number of methoxy groups -OCH3 is 2. The van der Waals surface area contributed by atoms with E-state index >= 15 is 0 Å². The van der Waals surface area contributed by atoms with Gasteiger partial charge < -0.3 is 19.2 Å². The van der Waals surface area contributed by atoms with Crippen LogP contribution in [0.4, 0.5) is 0 Å². The third-order valence-electron chi connectivity index (χ3n) is 4.96. The highest BCUT2D eigenvalue weighted by atomic mass is 32.2. The third kappa shape index (κ3) is 6.20. The Bertz CT molecular complexity index is 1090. The fourth-order valence-corrected chi connectivity index (χ4v) is 4.23. The van der Waals surface area contributed by atoms with Gasteiger partial charge in [-0.15, -0.1) is 0 Å². The summed E-state index contributed by atoms with van der Waals surface area (Å²) >= 11 is 0. The van der Waals surface area contributed by atoms with Crippen LogP contribution in [0, 0.1) is 13.8 Å². The van der Waals surface area contributed by atoms with Crippen LogP contribution in [0.15, 0.2) is 46.9 Å². The Balaban J connectivity index is 1.49. The largest absolute Gasteiger partial charge is 0.493 e. The first-order valence-electron chi connectivity index (χ1n) is 10.3. The van der Waals surface area contributed by atoms with Gasteiger partial charge in [0.05, 0.1) is 25.7 Å². The summed E-state index contributed by atoms with van der Waals surface area (Å²) in [6.07, 6.45) is 0.626. The first kappa shape index (κ1) is 23.5. The topological polar surface area (TPSA) is 90.7 Å². The second-order valence-electron chi connectivity index (χ2n) is 7.41. The minimum Gasteiger partial charge on any atom is -0.493 e. The molecule has 0 saturated heterocycles. The van der Waals surface area contributed by atoms with Gasteiger partial charge in [0.15, 0.2) is 11.5 Å². The predicted octanol–water partition coefficient (Wildman–Crippen LogP) is 3.58. The molecule has 0 fully saturated rings. The highest BCUT2D eigenvalue weighted by molar-refractivity contribution is 7.84. The number of ether oxygens (including phenoxy) is 2. The Morgan fingerprint density at radius 1 is 1.06 bits per heavy atom. The van der Waals surface area contributed by atoms with Gasteiger partial charge in [-0.25, -0.2) is 4.98 Å². The standard InChI is InChI=1S/C24H28N2O5S/c1-16-5-8-19(9-6-16)24-26-20(17(2)31-24)14-32(28)15-23(27)25-12-11-18-7-10-21(29-3)22(13-18)30-4/h5-10,13H,11-12,14-15H2,1-4H3,(H,25,27)/t32-/m1/s1. The molecule has 170 valence electrons. The van der Waals surface area contributed by atoms with E-state index < -0.39 is 10.8 Å².